The molecule has 0 aromatic carbocycles. The van der Waals surface area contributed by atoms with Crippen molar-refractivity contribution in [1.82, 2.24) is 20.2 Å². The Hall–Kier alpha value is -1.52. The van der Waals surface area contributed by atoms with E-state index in [0.717, 1.165) is 38.6 Å². The van der Waals surface area contributed by atoms with Gasteiger partial charge in [-0.3, -0.25) is 4.99 Å². The largest absolute Gasteiger partial charge is 0.356 e. The third kappa shape index (κ3) is 6.27. The van der Waals surface area contributed by atoms with Crippen molar-refractivity contribution in [3.8, 4) is 0 Å². The van der Waals surface area contributed by atoms with Crippen molar-refractivity contribution >= 4 is 5.96 Å². The molecule has 0 spiro atoms. The molecule has 0 bridgehead atoms. The van der Waals surface area contributed by atoms with Crippen LogP contribution in [0.25, 0.3) is 0 Å². The van der Waals surface area contributed by atoms with Gasteiger partial charge >= 0.3 is 0 Å². The molecule has 0 fully saturated rings. The highest BCUT2D eigenvalue weighted by Gasteiger charge is 1.97. The number of rotatable bonds is 8. The van der Waals surface area contributed by atoms with Crippen LogP contribution in [-0.4, -0.2) is 35.1 Å². The molecule has 1 aromatic heterocycles. The quantitative estimate of drug-likeness (QED) is 0.419. The van der Waals surface area contributed by atoms with Crippen LogP contribution in [0.1, 0.15) is 33.1 Å². The summed E-state index contributed by atoms with van der Waals surface area (Å²) in [6.07, 6.45) is 9.04. The first kappa shape index (κ1) is 14.5. The van der Waals surface area contributed by atoms with Crippen LogP contribution < -0.4 is 10.6 Å². The number of nitrogens with zero attached hydrogens (tertiary/aromatic N) is 3. The molecule has 0 radical (unpaired) electrons. The Balaban J connectivity index is 2.26. The van der Waals surface area contributed by atoms with Crippen LogP contribution in [0, 0.1) is 0 Å². The molecule has 0 atom stereocenters. The first-order chi connectivity index (χ1) is 8.86. The van der Waals surface area contributed by atoms with Crippen molar-refractivity contribution < 1.29 is 0 Å². The number of hydrogen-bond donors (Lipinski definition) is 2. The van der Waals surface area contributed by atoms with E-state index in [9.17, 15) is 0 Å². The molecule has 0 aliphatic carbocycles. The van der Waals surface area contributed by atoms with Gasteiger partial charge in [0, 0.05) is 38.6 Å². The summed E-state index contributed by atoms with van der Waals surface area (Å²) < 4.78 is 2.05. The highest BCUT2D eigenvalue weighted by Crippen LogP contribution is 1.86. The van der Waals surface area contributed by atoms with Crippen LogP contribution in [0.3, 0.4) is 0 Å². The molecular formula is C13H25N5. The van der Waals surface area contributed by atoms with Gasteiger partial charge in [0.2, 0.25) is 0 Å². The number of unbranched alkanes of at least 4 members (excludes halogenated alkanes) is 1. The molecule has 0 aliphatic heterocycles. The molecule has 1 heterocycles. The predicted octanol–water partition coefficient (Wildman–Crippen LogP) is 1.63. The first-order valence-corrected chi connectivity index (χ1v) is 6.84. The van der Waals surface area contributed by atoms with Crippen molar-refractivity contribution in [2.24, 2.45) is 4.99 Å². The molecule has 0 unspecified atom stereocenters. The molecule has 5 heteroatoms. The Kier molecular flexibility index (Phi) is 7.68. The monoisotopic (exact) mass is 251 g/mol. The van der Waals surface area contributed by atoms with E-state index in [1.807, 2.05) is 12.5 Å². The van der Waals surface area contributed by atoms with E-state index in [4.69, 9.17) is 0 Å². The zero-order valence-electron chi connectivity index (χ0n) is 11.5. The van der Waals surface area contributed by atoms with Gasteiger partial charge in [0.1, 0.15) is 0 Å². The standard InChI is InChI=1S/C13H25N5/c1-3-5-7-16-13(15-6-4-2)17-9-11-18-10-8-14-12-18/h8,10,12H,3-7,9,11H2,1-2H3,(H2,15,16,17). The van der Waals surface area contributed by atoms with Crippen molar-refractivity contribution in [3.63, 3.8) is 0 Å². The SMILES string of the molecule is CCCCNC(=NCCC)NCCn1ccnc1. The van der Waals surface area contributed by atoms with Crippen LogP contribution in [0.2, 0.25) is 0 Å². The van der Waals surface area contributed by atoms with Crippen LogP contribution in [0.15, 0.2) is 23.7 Å². The fraction of sp³-hybridized carbons (Fsp3) is 0.692. The summed E-state index contributed by atoms with van der Waals surface area (Å²) in [7, 11) is 0. The average Bonchev–Trinajstić information content (AvgIpc) is 2.88. The minimum absolute atomic E-state index is 0.859. The normalized spacial score (nSPS) is 11.6. The van der Waals surface area contributed by atoms with Crippen molar-refractivity contribution in [3.05, 3.63) is 18.7 Å². The number of guanidine groups is 1. The molecule has 1 rings (SSSR count). The van der Waals surface area contributed by atoms with E-state index in [-0.39, 0.29) is 0 Å². The molecule has 5 nitrogen and oxygen atoms in total. The molecule has 102 valence electrons. The van der Waals surface area contributed by atoms with Gasteiger partial charge < -0.3 is 15.2 Å². The fourth-order valence-corrected chi connectivity index (χ4v) is 1.50. The number of imidazole rings is 1. The summed E-state index contributed by atoms with van der Waals surface area (Å²) in [6.45, 7) is 7.94. The minimum Gasteiger partial charge on any atom is -0.356 e. The van der Waals surface area contributed by atoms with Crippen molar-refractivity contribution in [2.75, 3.05) is 19.6 Å². The van der Waals surface area contributed by atoms with Gasteiger partial charge in [0.25, 0.3) is 0 Å². The molecule has 18 heavy (non-hydrogen) atoms. The summed E-state index contributed by atoms with van der Waals surface area (Å²) in [5, 5.41) is 6.69. The molecule has 0 saturated heterocycles. The van der Waals surface area contributed by atoms with Crippen LogP contribution >= 0.6 is 0 Å². The molecule has 2 N–H and O–H groups in total. The minimum atomic E-state index is 0.859. The lowest BCUT2D eigenvalue weighted by atomic mass is 10.3. The van der Waals surface area contributed by atoms with Gasteiger partial charge in [-0.15, -0.1) is 0 Å². The van der Waals surface area contributed by atoms with E-state index < -0.39 is 0 Å². The maximum absolute atomic E-state index is 4.50. The summed E-state index contributed by atoms with van der Waals surface area (Å²) in [4.78, 5) is 8.52. The van der Waals surface area contributed by atoms with Crippen molar-refractivity contribution in [1.29, 1.82) is 0 Å². The highest BCUT2D eigenvalue weighted by molar-refractivity contribution is 5.79. The topological polar surface area (TPSA) is 54.2 Å². The summed E-state index contributed by atoms with van der Waals surface area (Å²) in [5.74, 6) is 0.922. The lowest BCUT2D eigenvalue weighted by molar-refractivity contribution is 0.654. The van der Waals surface area contributed by atoms with Gasteiger partial charge in [-0.2, -0.15) is 0 Å². The Morgan fingerprint density at radius 1 is 1.22 bits per heavy atom. The van der Waals surface area contributed by atoms with Crippen molar-refractivity contribution in [2.45, 2.75) is 39.7 Å². The maximum Gasteiger partial charge on any atom is 0.191 e. The van der Waals surface area contributed by atoms with E-state index >= 15 is 0 Å². The Labute approximate surface area is 110 Å². The first-order valence-electron chi connectivity index (χ1n) is 6.84. The van der Waals surface area contributed by atoms with Gasteiger partial charge in [-0.05, 0) is 12.8 Å². The second kappa shape index (κ2) is 9.50. The molecule has 1 aromatic rings. The molecule has 0 saturated carbocycles. The highest BCUT2D eigenvalue weighted by atomic mass is 15.2. The Bertz CT molecular complexity index is 318. The third-order valence-corrected chi connectivity index (χ3v) is 2.54. The predicted molar refractivity (Wildman–Crippen MR) is 75.7 cm³/mol. The van der Waals surface area contributed by atoms with E-state index in [1.165, 1.54) is 12.8 Å². The average molecular weight is 251 g/mol. The second-order valence-corrected chi connectivity index (χ2v) is 4.24. The lowest BCUT2D eigenvalue weighted by Crippen LogP contribution is -2.39. The van der Waals surface area contributed by atoms with Gasteiger partial charge in [-0.1, -0.05) is 20.3 Å². The number of hydrogen-bond acceptors (Lipinski definition) is 2. The second-order valence-electron chi connectivity index (χ2n) is 4.24. The number of nitrogens with one attached hydrogen (secondary N) is 2. The van der Waals surface area contributed by atoms with Crippen LogP contribution in [-0.2, 0) is 6.54 Å². The zero-order valence-corrected chi connectivity index (χ0v) is 11.5. The van der Waals surface area contributed by atoms with E-state index in [0.29, 0.717) is 0 Å². The van der Waals surface area contributed by atoms with Gasteiger partial charge in [-0.25, -0.2) is 4.98 Å². The summed E-state index contributed by atoms with van der Waals surface area (Å²) in [5.41, 5.74) is 0. The van der Waals surface area contributed by atoms with E-state index in [1.54, 1.807) is 6.20 Å². The lowest BCUT2D eigenvalue weighted by Gasteiger charge is -2.12. The smallest absolute Gasteiger partial charge is 0.191 e. The summed E-state index contributed by atoms with van der Waals surface area (Å²) >= 11 is 0. The van der Waals surface area contributed by atoms with Gasteiger partial charge in [0.05, 0.1) is 6.33 Å². The van der Waals surface area contributed by atoms with Crippen LogP contribution in [0.5, 0.6) is 0 Å². The number of aromatic nitrogens is 2. The molecule has 0 amide bonds. The zero-order chi connectivity index (χ0) is 13.1. The fourth-order valence-electron chi connectivity index (χ4n) is 1.50. The molecular weight excluding hydrogens is 226 g/mol. The Morgan fingerprint density at radius 3 is 2.72 bits per heavy atom. The Morgan fingerprint density at radius 2 is 2.06 bits per heavy atom. The van der Waals surface area contributed by atoms with Gasteiger partial charge in [0.15, 0.2) is 5.96 Å². The van der Waals surface area contributed by atoms with Crippen LogP contribution in [0.4, 0.5) is 0 Å². The number of aliphatic imine (C=N–C) groups is 1. The van der Waals surface area contributed by atoms with E-state index in [2.05, 4.69) is 39.0 Å². The summed E-state index contributed by atoms with van der Waals surface area (Å²) in [6, 6.07) is 0. The maximum atomic E-state index is 4.50. The third-order valence-electron chi connectivity index (χ3n) is 2.54. The molecule has 0 aliphatic rings.